The minimum Gasteiger partial charge on any atom is -0.310 e. The van der Waals surface area contributed by atoms with E-state index >= 15 is 0 Å². The van der Waals surface area contributed by atoms with Crippen molar-refractivity contribution in [1.29, 1.82) is 0 Å². The van der Waals surface area contributed by atoms with E-state index in [0.29, 0.717) is 11.3 Å². The molecule has 1 heteroatoms. The maximum atomic E-state index is 2.55. The number of rotatable bonds is 6. The summed E-state index contributed by atoms with van der Waals surface area (Å²) < 4.78 is 0. The van der Waals surface area contributed by atoms with E-state index in [1.807, 2.05) is 0 Å². The Labute approximate surface area is 352 Å². The fraction of sp³-hybridized carbons (Fsp3) is 0.379. The van der Waals surface area contributed by atoms with E-state index in [-0.39, 0.29) is 10.8 Å². The van der Waals surface area contributed by atoms with E-state index in [1.165, 1.54) is 149 Å². The summed E-state index contributed by atoms with van der Waals surface area (Å²) in [6, 6.07) is 50.4. The van der Waals surface area contributed by atoms with Gasteiger partial charge in [-0.25, -0.2) is 0 Å². The molecule has 296 valence electrons. The number of nitrogens with zero attached hydrogens (tertiary/aromatic N) is 1. The number of anilines is 3. The first-order chi connectivity index (χ1) is 28.7. The number of benzene rings is 6. The fourth-order valence-electron chi connectivity index (χ4n) is 14.3. The SMILES string of the molecule is CC1(C)c2ccccc2-c2cc(-c3cccc4c3-c3ccc(N(c5ccc(C6CCCCC6)cc5)c5ccc(C67CC8CC(CC(C8)C6)C7)cc5)cc3C4(C)C)ccc21. The Morgan fingerprint density at radius 2 is 1.05 bits per heavy atom. The maximum absolute atomic E-state index is 2.55. The molecule has 0 aromatic heterocycles. The highest BCUT2D eigenvalue weighted by atomic mass is 15.1. The lowest BCUT2D eigenvalue weighted by Crippen LogP contribution is -2.48. The largest absolute Gasteiger partial charge is 0.310 e. The Hall–Kier alpha value is -4.88. The van der Waals surface area contributed by atoms with Gasteiger partial charge in [0.1, 0.15) is 0 Å². The summed E-state index contributed by atoms with van der Waals surface area (Å²) in [6.45, 7) is 9.63. The van der Waals surface area contributed by atoms with Gasteiger partial charge < -0.3 is 4.90 Å². The zero-order valence-corrected chi connectivity index (χ0v) is 35.7. The van der Waals surface area contributed by atoms with Gasteiger partial charge in [0.15, 0.2) is 0 Å². The molecule has 4 bridgehead atoms. The monoisotopic (exact) mass is 769 g/mol. The van der Waals surface area contributed by atoms with E-state index in [9.17, 15) is 0 Å². The van der Waals surface area contributed by atoms with Crippen molar-refractivity contribution in [3.63, 3.8) is 0 Å². The molecule has 59 heavy (non-hydrogen) atoms. The summed E-state index contributed by atoms with van der Waals surface area (Å²) in [5, 5.41) is 0. The summed E-state index contributed by atoms with van der Waals surface area (Å²) in [7, 11) is 0. The molecule has 0 radical (unpaired) electrons. The highest BCUT2D eigenvalue weighted by molar-refractivity contribution is 5.95. The van der Waals surface area contributed by atoms with Gasteiger partial charge in [-0.3, -0.25) is 0 Å². The van der Waals surface area contributed by atoms with Crippen LogP contribution in [0.4, 0.5) is 17.1 Å². The molecule has 13 rings (SSSR count). The van der Waals surface area contributed by atoms with Crippen molar-refractivity contribution in [3.05, 3.63) is 161 Å². The first-order valence-corrected chi connectivity index (χ1v) is 23.2. The van der Waals surface area contributed by atoms with Crippen molar-refractivity contribution in [1.82, 2.24) is 0 Å². The Kier molecular flexibility index (Phi) is 7.97. The van der Waals surface area contributed by atoms with Crippen LogP contribution in [0, 0.1) is 17.8 Å². The van der Waals surface area contributed by atoms with Crippen LogP contribution >= 0.6 is 0 Å². The van der Waals surface area contributed by atoms with Gasteiger partial charge in [-0.05, 0) is 190 Å². The average Bonchev–Trinajstić information content (AvgIpc) is 3.63. The van der Waals surface area contributed by atoms with Gasteiger partial charge in [0.2, 0.25) is 0 Å². The van der Waals surface area contributed by atoms with Crippen molar-refractivity contribution in [3.8, 4) is 33.4 Å². The molecule has 0 N–H and O–H groups in total. The van der Waals surface area contributed by atoms with E-state index in [2.05, 4.69) is 160 Å². The predicted octanol–water partition coefficient (Wildman–Crippen LogP) is 16.0. The number of fused-ring (bicyclic) bond motifs is 6. The second-order valence-corrected chi connectivity index (χ2v) is 21.0. The molecule has 7 aliphatic rings. The zero-order chi connectivity index (χ0) is 39.7. The van der Waals surface area contributed by atoms with Gasteiger partial charge in [-0.2, -0.15) is 0 Å². The lowest BCUT2D eigenvalue weighted by atomic mass is 9.48. The highest BCUT2D eigenvalue weighted by Gasteiger charge is 2.51. The minimum atomic E-state index is -0.138. The van der Waals surface area contributed by atoms with E-state index in [0.717, 1.165) is 17.8 Å². The van der Waals surface area contributed by atoms with Crippen LogP contribution in [0.25, 0.3) is 33.4 Å². The average molecular weight is 770 g/mol. The second kappa shape index (κ2) is 13.1. The van der Waals surface area contributed by atoms with E-state index in [4.69, 9.17) is 0 Å². The van der Waals surface area contributed by atoms with Crippen molar-refractivity contribution in [2.24, 2.45) is 17.8 Å². The first-order valence-electron chi connectivity index (χ1n) is 23.2. The van der Waals surface area contributed by atoms with Gasteiger partial charge in [-0.15, -0.1) is 0 Å². The molecule has 5 saturated carbocycles. The van der Waals surface area contributed by atoms with Crippen LogP contribution in [0.3, 0.4) is 0 Å². The molecule has 7 aliphatic carbocycles. The van der Waals surface area contributed by atoms with E-state index < -0.39 is 0 Å². The second-order valence-electron chi connectivity index (χ2n) is 21.0. The van der Waals surface area contributed by atoms with Gasteiger partial charge in [0, 0.05) is 27.9 Å². The van der Waals surface area contributed by atoms with Crippen LogP contribution in [-0.2, 0) is 16.2 Å². The van der Waals surface area contributed by atoms with Crippen LogP contribution in [0.1, 0.15) is 138 Å². The molecular formula is C58H59N. The molecule has 0 saturated heterocycles. The third-order valence-electron chi connectivity index (χ3n) is 16.8. The summed E-state index contributed by atoms with van der Waals surface area (Å²) >= 11 is 0. The molecule has 0 amide bonds. The van der Waals surface area contributed by atoms with Gasteiger partial charge in [-0.1, -0.05) is 132 Å². The lowest BCUT2D eigenvalue weighted by Gasteiger charge is -2.57. The summed E-state index contributed by atoms with van der Waals surface area (Å²) in [5.41, 5.74) is 21.0. The van der Waals surface area contributed by atoms with Crippen LogP contribution in [-0.4, -0.2) is 0 Å². The number of hydrogen-bond donors (Lipinski definition) is 0. The molecular weight excluding hydrogens is 711 g/mol. The molecule has 6 aromatic rings. The van der Waals surface area contributed by atoms with Crippen LogP contribution in [0.5, 0.6) is 0 Å². The summed E-state index contributed by atoms with van der Waals surface area (Å²) in [6.07, 6.45) is 15.5. The van der Waals surface area contributed by atoms with Gasteiger partial charge in [0.25, 0.3) is 0 Å². The third kappa shape index (κ3) is 5.48. The van der Waals surface area contributed by atoms with Crippen molar-refractivity contribution in [2.45, 2.75) is 120 Å². The van der Waals surface area contributed by atoms with E-state index in [1.54, 1.807) is 5.56 Å². The first kappa shape index (κ1) is 36.0. The molecule has 1 nitrogen and oxygen atoms in total. The van der Waals surface area contributed by atoms with Gasteiger partial charge in [0.05, 0.1) is 0 Å². The fourth-order valence-corrected chi connectivity index (χ4v) is 14.3. The normalized spacial score (nSPS) is 25.3. The minimum absolute atomic E-state index is 0.00525. The predicted molar refractivity (Wildman–Crippen MR) is 247 cm³/mol. The quantitative estimate of drug-likeness (QED) is 0.163. The van der Waals surface area contributed by atoms with Crippen LogP contribution in [0.2, 0.25) is 0 Å². The molecule has 0 spiro atoms. The van der Waals surface area contributed by atoms with Crippen molar-refractivity contribution >= 4 is 17.1 Å². The molecule has 0 aliphatic heterocycles. The zero-order valence-electron chi connectivity index (χ0n) is 35.7. The molecule has 5 fully saturated rings. The Bertz CT molecular complexity index is 2580. The summed E-state index contributed by atoms with van der Waals surface area (Å²) in [4.78, 5) is 2.55. The smallest absolute Gasteiger partial charge is 0.0465 e. The van der Waals surface area contributed by atoms with Crippen molar-refractivity contribution in [2.75, 3.05) is 4.90 Å². The Morgan fingerprint density at radius 1 is 0.458 bits per heavy atom. The lowest BCUT2D eigenvalue weighted by molar-refractivity contribution is -0.00518. The molecule has 0 atom stereocenters. The third-order valence-corrected chi connectivity index (χ3v) is 16.8. The van der Waals surface area contributed by atoms with Crippen LogP contribution in [0.15, 0.2) is 127 Å². The Morgan fingerprint density at radius 3 is 1.76 bits per heavy atom. The highest BCUT2D eigenvalue weighted by Crippen LogP contribution is 2.61. The molecule has 0 unspecified atom stereocenters. The number of hydrogen-bond acceptors (Lipinski definition) is 1. The van der Waals surface area contributed by atoms with Gasteiger partial charge >= 0.3 is 0 Å². The van der Waals surface area contributed by atoms with Crippen LogP contribution < -0.4 is 4.90 Å². The maximum Gasteiger partial charge on any atom is 0.0465 e. The van der Waals surface area contributed by atoms with Crippen molar-refractivity contribution < 1.29 is 0 Å². The summed E-state index contributed by atoms with van der Waals surface area (Å²) in [5.74, 6) is 3.55. The topological polar surface area (TPSA) is 3.24 Å². The Balaban J connectivity index is 0.950. The standard InChI is InChI=1S/C58H59N/c1-56(2)51-15-9-8-13-48(51)50-32-42(19-28-52(50)56)47-14-10-16-53-55(47)49-27-26-46(33-54(49)57(53,3)4)59(44-22-17-41(18-23-44)40-11-6-5-7-12-40)45-24-20-43(21-25-45)58-34-37-29-38(35-58)31-39(30-37)36-58/h8-10,13-28,32-33,37-40H,5-7,11-12,29-31,34-36H2,1-4H3. The molecule has 6 aromatic carbocycles. The molecule has 0 heterocycles.